The monoisotopic (exact) mass is 403 g/mol. The third kappa shape index (κ3) is 3.91. The Balaban J connectivity index is 1.54. The molecule has 0 radical (unpaired) electrons. The average molecular weight is 403 g/mol. The number of carbonyl (C=O) groups excluding carboxylic acids is 1. The minimum absolute atomic E-state index is 0.0937. The lowest BCUT2D eigenvalue weighted by atomic mass is 10.1. The molecule has 3 aromatic heterocycles. The van der Waals surface area contributed by atoms with Gasteiger partial charge in [0.2, 0.25) is 0 Å². The van der Waals surface area contributed by atoms with E-state index in [-0.39, 0.29) is 24.1 Å². The number of pyridine rings is 1. The van der Waals surface area contributed by atoms with E-state index < -0.39 is 0 Å². The molecular weight excluding hydrogens is 381 g/mol. The van der Waals surface area contributed by atoms with Crippen LogP contribution < -0.4 is 0 Å². The largest absolute Gasteiger partial charge is 0.352 e. The van der Waals surface area contributed by atoms with Gasteiger partial charge < -0.3 is 9.55 Å². The summed E-state index contributed by atoms with van der Waals surface area (Å²) in [6, 6.07) is 14.2. The average Bonchev–Trinajstić information content (AvgIpc) is 3.40. The van der Waals surface area contributed by atoms with Crippen LogP contribution in [0.5, 0.6) is 0 Å². The summed E-state index contributed by atoms with van der Waals surface area (Å²) < 4.78 is 15.8. The zero-order valence-electron chi connectivity index (χ0n) is 17.1. The summed E-state index contributed by atoms with van der Waals surface area (Å²) in [4.78, 5) is 20.5. The van der Waals surface area contributed by atoms with E-state index in [2.05, 4.69) is 20.2 Å². The Hall–Kier alpha value is -3.61. The summed E-state index contributed by atoms with van der Waals surface area (Å²) in [5.41, 5.74) is 3.76. The van der Waals surface area contributed by atoms with Crippen LogP contribution in [0, 0.1) is 12.7 Å². The summed E-state index contributed by atoms with van der Waals surface area (Å²) in [6.45, 7) is 5.81. The van der Waals surface area contributed by atoms with Gasteiger partial charge in [-0.25, -0.2) is 9.37 Å². The number of hydrogen-bond acceptors (Lipinski definition) is 4. The molecule has 0 atom stereocenters. The van der Waals surface area contributed by atoms with E-state index in [1.807, 2.05) is 42.7 Å². The minimum atomic E-state index is -0.273. The summed E-state index contributed by atoms with van der Waals surface area (Å²) >= 11 is 0. The molecule has 4 rings (SSSR count). The molecule has 0 amide bonds. The number of halogens is 1. The second kappa shape index (κ2) is 8.02. The second-order valence-corrected chi connectivity index (χ2v) is 7.52. The molecule has 0 fully saturated rings. The first-order chi connectivity index (χ1) is 14.4. The van der Waals surface area contributed by atoms with Gasteiger partial charge in [0.25, 0.3) is 0 Å². The lowest BCUT2D eigenvalue weighted by molar-refractivity contribution is 0.0988. The number of Topliss-reactive ketones (excluding diaryl/α,β-unsaturated/α-hetero) is 1. The molecule has 0 aliphatic heterocycles. The van der Waals surface area contributed by atoms with Gasteiger partial charge in [-0.1, -0.05) is 18.2 Å². The number of carbonyl (C=O) groups is 1. The number of hydrogen-bond donors (Lipinski definition) is 1. The van der Waals surface area contributed by atoms with Crippen LogP contribution >= 0.6 is 0 Å². The summed E-state index contributed by atoms with van der Waals surface area (Å²) in [6.07, 6.45) is 1.82. The molecule has 3 heterocycles. The molecule has 0 saturated carbocycles. The minimum Gasteiger partial charge on any atom is -0.352 e. The first-order valence-corrected chi connectivity index (χ1v) is 9.77. The van der Waals surface area contributed by atoms with E-state index >= 15 is 0 Å². The third-order valence-corrected chi connectivity index (χ3v) is 4.98. The molecule has 0 aliphatic carbocycles. The van der Waals surface area contributed by atoms with E-state index in [4.69, 9.17) is 0 Å². The van der Waals surface area contributed by atoms with Crippen LogP contribution in [-0.4, -0.2) is 30.5 Å². The molecule has 152 valence electrons. The Kier molecular flexibility index (Phi) is 5.27. The number of nitrogens with zero attached hydrogens (tertiary/aromatic N) is 4. The topological polar surface area (TPSA) is 76.5 Å². The zero-order chi connectivity index (χ0) is 21.3. The van der Waals surface area contributed by atoms with E-state index in [0.717, 1.165) is 0 Å². The van der Waals surface area contributed by atoms with Gasteiger partial charge in [0, 0.05) is 23.0 Å². The molecule has 30 heavy (non-hydrogen) atoms. The summed E-state index contributed by atoms with van der Waals surface area (Å²) in [7, 11) is 0. The molecule has 6 nitrogen and oxygen atoms in total. The third-order valence-electron chi connectivity index (χ3n) is 4.98. The van der Waals surface area contributed by atoms with Gasteiger partial charge in [0.1, 0.15) is 17.8 Å². The molecule has 0 spiro atoms. The van der Waals surface area contributed by atoms with Crippen LogP contribution in [0.25, 0.3) is 22.8 Å². The molecule has 4 aromatic rings. The fourth-order valence-corrected chi connectivity index (χ4v) is 3.25. The Labute approximate surface area is 173 Å². The van der Waals surface area contributed by atoms with Gasteiger partial charge in [-0.05, 0) is 56.7 Å². The van der Waals surface area contributed by atoms with Crippen LogP contribution in [0.3, 0.4) is 0 Å². The molecule has 0 saturated heterocycles. The highest BCUT2D eigenvalue weighted by atomic mass is 19.1. The van der Waals surface area contributed by atoms with Crippen molar-refractivity contribution in [2.45, 2.75) is 33.2 Å². The lowest BCUT2D eigenvalue weighted by Gasteiger charge is -2.10. The molecule has 0 aliphatic rings. The smallest absolute Gasteiger partial charge is 0.184 e. The Morgan fingerprint density at radius 2 is 2.00 bits per heavy atom. The number of benzene rings is 1. The summed E-state index contributed by atoms with van der Waals surface area (Å²) in [5.74, 6) is 0.303. The number of aromatic amines is 1. The van der Waals surface area contributed by atoms with Crippen molar-refractivity contribution < 1.29 is 9.18 Å². The highest BCUT2D eigenvalue weighted by Gasteiger charge is 2.15. The van der Waals surface area contributed by atoms with Gasteiger partial charge in [-0.3, -0.25) is 4.79 Å². The van der Waals surface area contributed by atoms with Gasteiger partial charge in [-0.2, -0.15) is 0 Å². The van der Waals surface area contributed by atoms with Crippen molar-refractivity contribution in [3.8, 4) is 22.8 Å². The maximum Gasteiger partial charge on any atom is 0.184 e. The Bertz CT molecular complexity index is 1210. The maximum absolute atomic E-state index is 13.8. The van der Waals surface area contributed by atoms with Gasteiger partial charge in [0.05, 0.1) is 12.1 Å². The predicted octanol–water partition coefficient (Wildman–Crippen LogP) is 4.79. The van der Waals surface area contributed by atoms with Crippen molar-refractivity contribution in [3.05, 3.63) is 77.6 Å². The number of aryl methyl sites for hydroxylation is 1. The quantitative estimate of drug-likeness (QED) is 0.470. The first kappa shape index (κ1) is 19.7. The van der Waals surface area contributed by atoms with E-state index in [1.165, 1.54) is 6.07 Å². The van der Waals surface area contributed by atoms with Gasteiger partial charge >= 0.3 is 0 Å². The van der Waals surface area contributed by atoms with Crippen LogP contribution in [-0.2, 0) is 6.42 Å². The first-order valence-electron chi connectivity index (χ1n) is 9.77. The molecule has 7 heteroatoms. The van der Waals surface area contributed by atoms with Crippen LogP contribution in [0.1, 0.15) is 41.6 Å². The van der Waals surface area contributed by atoms with Crippen LogP contribution in [0.2, 0.25) is 0 Å². The zero-order valence-corrected chi connectivity index (χ0v) is 17.1. The second-order valence-electron chi connectivity index (χ2n) is 7.52. The number of rotatable bonds is 6. The standard InChI is InChI=1S/C23H22FN5O/c1-14(2)29-13-25-28-23(29)21-6-4-5-17(26-21)12-22(30)20-10-9-19(27-20)16-8-7-15(3)18(24)11-16/h4-11,13-14,27H,12H2,1-3H3. The predicted molar refractivity (Wildman–Crippen MR) is 113 cm³/mol. The van der Waals surface area contributed by atoms with Crippen molar-refractivity contribution in [1.29, 1.82) is 0 Å². The molecule has 1 N–H and O–H groups in total. The fourth-order valence-electron chi connectivity index (χ4n) is 3.25. The molecule has 1 aromatic carbocycles. The number of H-pyrrole nitrogens is 1. The van der Waals surface area contributed by atoms with Crippen molar-refractivity contribution in [1.82, 2.24) is 24.7 Å². The number of ketones is 1. The number of nitrogens with one attached hydrogen (secondary N) is 1. The molecule has 0 unspecified atom stereocenters. The number of aromatic nitrogens is 5. The van der Waals surface area contributed by atoms with Crippen molar-refractivity contribution >= 4 is 5.78 Å². The van der Waals surface area contributed by atoms with E-state index in [0.29, 0.717) is 39.7 Å². The van der Waals surface area contributed by atoms with Crippen molar-refractivity contribution in [3.63, 3.8) is 0 Å². The van der Waals surface area contributed by atoms with Crippen molar-refractivity contribution in [2.75, 3.05) is 0 Å². The highest BCUT2D eigenvalue weighted by Crippen LogP contribution is 2.22. The van der Waals surface area contributed by atoms with Crippen LogP contribution in [0.15, 0.2) is 54.9 Å². The fraction of sp³-hybridized carbons (Fsp3) is 0.217. The Morgan fingerprint density at radius 3 is 2.77 bits per heavy atom. The van der Waals surface area contributed by atoms with Gasteiger partial charge in [0.15, 0.2) is 11.6 Å². The summed E-state index contributed by atoms with van der Waals surface area (Å²) in [5, 5.41) is 8.14. The SMILES string of the molecule is Cc1ccc(-c2ccc(C(=O)Cc3cccc(-c4nncn4C(C)C)n3)[nH]2)cc1F. The van der Waals surface area contributed by atoms with Gasteiger partial charge in [-0.15, -0.1) is 10.2 Å². The Morgan fingerprint density at radius 1 is 1.17 bits per heavy atom. The molecular formula is C23H22FN5O. The highest BCUT2D eigenvalue weighted by molar-refractivity contribution is 5.96. The van der Waals surface area contributed by atoms with E-state index in [1.54, 1.807) is 31.5 Å². The normalized spacial score (nSPS) is 11.2. The van der Waals surface area contributed by atoms with Crippen LogP contribution in [0.4, 0.5) is 4.39 Å². The molecule has 0 bridgehead atoms. The van der Waals surface area contributed by atoms with Crippen molar-refractivity contribution in [2.24, 2.45) is 0 Å². The lowest BCUT2D eigenvalue weighted by Crippen LogP contribution is -2.07. The van der Waals surface area contributed by atoms with E-state index in [9.17, 15) is 9.18 Å². The maximum atomic E-state index is 13.8.